The van der Waals surface area contributed by atoms with Crippen molar-refractivity contribution >= 4 is 12.4 Å². The summed E-state index contributed by atoms with van der Waals surface area (Å²) in [5.41, 5.74) is 1.62. The molecule has 0 amide bonds. The van der Waals surface area contributed by atoms with Crippen molar-refractivity contribution < 1.29 is 0 Å². The van der Waals surface area contributed by atoms with Crippen molar-refractivity contribution in [3.63, 3.8) is 0 Å². The Hall–Kier alpha value is -0.530. The second-order valence-electron chi connectivity index (χ2n) is 8.01. The van der Waals surface area contributed by atoms with E-state index in [9.17, 15) is 0 Å². The summed E-state index contributed by atoms with van der Waals surface area (Å²) in [5, 5.41) is 3.71. The van der Waals surface area contributed by atoms with Crippen molar-refractivity contribution in [3.05, 3.63) is 35.9 Å². The summed E-state index contributed by atoms with van der Waals surface area (Å²) in [5.74, 6) is 0. The molecule has 0 bridgehead atoms. The number of rotatable bonds is 15. The third-order valence-electron chi connectivity index (χ3n) is 5.02. The van der Waals surface area contributed by atoms with Gasteiger partial charge < -0.3 is 5.32 Å². The van der Waals surface area contributed by atoms with Gasteiger partial charge in [0.05, 0.1) is 0 Å². The van der Waals surface area contributed by atoms with Gasteiger partial charge in [0.1, 0.15) is 0 Å². The van der Waals surface area contributed by atoms with E-state index < -0.39 is 0 Å². The van der Waals surface area contributed by atoms with E-state index in [0.29, 0.717) is 0 Å². The Morgan fingerprint density at radius 1 is 0.720 bits per heavy atom. The molecule has 1 nitrogen and oxygen atoms in total. The van der Waals surface area contributed by atoms with Crippen LogP contribution in [0.1, 0.15) is 103 Å². The summed E-state index contributed by atoms with van der Waals surface area (Å²) >= 11 is 0. The van der Waals surface area contributed by atoms with E-state index in [0.717, 1.165) is 6.54 Å². The Morgan fingerprint density at radius 3 is 1.72 bits per heavy atom. The molecule has 0 aromatic heterocycles. The first-order valence-electron chi connectivity index (χ1n) is 10.4. The Bertz CT molecular complexity index is 388. The molecule has 0 aliphatic carbocycles. The highest BCUT2D eigenvalue weighted by Gasteiger charge is 2.15. The van der Waals surface area contributed by atoms with E-state index in [1.807, 2.05) is 0 Å². The lowest BCUT2D eigenvalue weighted by Crippen LogP contribution is -2.38. The molecule has 0 saturated carbocycles. The molecular formula is C23H42ClN. The van der Waals surface area contributed by atoms with Crippen LogP contribution in [0.5, 0.6) is 0 Å². The van der Waals surface area contributed by atoms with E-state index in [1.165, 1.54) is 82.6 Å². The molecule has 1 rings (SSSR count). The molecule has 1 aromatic rings. The van der Waals surface area contributed by atoms with Gasteiger partial charge in [0.2, 0.25) is 0 Å². The van der Waals surface area contributed by atoms with Crippen LogP contribution in [0.2, 0.25) is 0 Å². The monoisotopic (exact) mass is 367 g/mol. The van der Waals surface area contributed by atoms with Gasteiger partial charge in [-0.15, -0.1) is 12.4 Å². The predicted molar refractivity (Wildman–Crippen MR) is 116 cm³/mol. The summed E-state index contributed by atoms with van der Waals surface area (Å²) in [6.45, 7) is 7.95. The van der Waals surface area contributed by atoms with Crippen molar-refractivity contribution in [2.24, 2.45) is 0 Å². The summed E-state index contributed by atoms with van der Waals surface area (Å²) in [6.07, 6.45) is 16.9. The zero-order chi connectivity index (χ0) is 17.5. The van der Waals surface area contributed by atoms with Gasteiger partial charge in [-0.1, -0.05) is 108 Å². The van der Waals surface area contributed by atoms with Crippen LogP contribution >= 0.6 is 12.4 Å². The molecule has 0 fully saturated rings. The molecule has 0 aliphatic heterocycles. The van der Waals surface area contributed by atoms with Gasteiger partial charge in [-0.05, 0) is 25.8 Å². The van der Waals surface area contributed by atoms with E-state index in [-0.39, 0.29) is 17.9 Å². The zero-order valence-electron chi connectivity index (χ0n) is 17.0. The van der Waals surface area contributed by atoms with Crippen LogP contribution in [-0.2, 0) is 6.54 Å². The average molecular weight is 368 g/mol. The topological polar surface area (TPSA) is 12.0 Å². The fourth-order valence-electron chi connectivity index (χ4n) is 3.26. The molecule has 2 heteroatoms. The fourth-order valence-corrected chi connectivity index (χ4v) is 3.26. The lowest BCUT2D eigenvalue weighted by molar-refractivity contribution is 0.344. The maximum atomic E-state index is 3.71. The molecule has 146 valence electrons. The molecule has 0 radical (unpaired) electrons. The van der Waals surface area contributed by atoms with Crippen LogP contribution in [0.4, 0.5) is 0 Å². The van der Waals surface area contributed by atoms with E-state index in [4.69, 9.17) is 0 Å². The SMILES string of the molecule is CCCCCCCCCCCCCC(C)(C)NCc1ccccc1.Cl. The number of unbranched alkanes of at least 4 members (excludes halogenated alkanes) is 10. The summed E-state index contributed by atoms with van der Waals surface area (Å²) < 4.78 is 0. The quantitative estimate of drug-likeness (QED) is 0.313. The first-order chi connectivity index (χ1) is 11.6. The molecule has 0 heterocycles. The lowest BCUT2D eigenvalue weighted by Gasteiger charge is -2.26. The Balaban J connectivity index is 0.00000576. The zero-order valence-corrected chi connectivity index (χ0v) is 17.8. The van der Waals surface area contributed by atoms with Crippen LogP contribution in [0.15, 0.2) is 30.3 Å². The lowest BCUT2D eigenvalue weighted by atomic mass is 9.95. The minimum Gasteiger partial charge on any atom is -0.308 e. The van der Waals surface area contributed by atoms with Crippen LogP contribution in [0.25, 0.3) is 0 Å². The van der Waals surface area contributed by atoms with Gasteiger partial charge >= 0.3 is 0 Å². The van der Waals surface area contributed by atoms with Gasteiger partial charge in [-0.3, -0.25) is 0 Å². The molecule has 0 spiro atoms. The number of nitrogens with one attached hydrogen (secondary N) is 1. The smallest absolute Gasteiger partial charge is 0.0210 e. The van der Waals surface area contributed by atoms with Crippen molar-refractivity contribution in [1.29, 1.82) is 0 Å². The first-order valence-corrected chi connectivity index (χ1v) is 10.4. The van der Waals surface area contributed by atoms with Gasteiger partial charge in [0, 0.05) is 12.1 Å². The highest BCUT2D eigenvalue weighted by Crippen LogP contribution is 2.17. The minimum absolute atomic E-state index is 0. The first kappa shape index (κ1) is 24.5. The van der Waals surface area contributed by atoms with Gasteiger partial charge in [0.25, 0.3) is 0 Å². The second kappa shape index (κ2) is 15.7. The van der Waals surface area contributed by atoms with Crippen molar-refractivity contribution in [1.82, 2.24) is 5.32 Å². The van der Waals surface area contributed by atoms with Crippen LogP contribution in [0, 0.1) is 0 Å². The van der Waals surface area contributed by atoms with Gasteiger partial charge in [-0.2, -0.15) is 0 Å². The molecular weight excluding hydrogens is 326 g/mol. The average Bonchev–Trinajstić information content (AvgIpc) is 2.59. The van der Waals surface area contributed by atoms with E-state index in [1.54, 1.807) is 0 Å². The number of halogens is 1. The van der Waals surface area contributed by atoms with Crippen molar-refractivity contribution in [2.75, 3.05) is 0 Å². The molecule has 0 atom stereocenters. The van der Waals surface area contributed by atoms with Crippen LogP contribution in [0.3, 0.4) is 0 Å². The number of hydrogen-bond donors (Lipinski definition) is 1. The summed E-state index contributed by atoms with van der Waals surface area (Å²) in [7, 11) is 0. The summed E-state index contributed by atoms with van der Waals surface area (Å²) in [6, 6.07) is 10.7. The van der Waals surface area contributed by atoms with E-state index >= 15 is 0 Å². The van der Waals surface area contributed by atoms with Crippen molar-refractivity contribution in [2.45, 2.75) is 110 Å². The number of hydrogen-bond acceptors (Lipinski definition) is 1. The minimum atomic E-state index is 0. The maximum absolute atomic E-state index is 3.71. The van der Waals surface area contributed by atoms with E-state index in [2.05, 4.69) is 56.4 Å². The Kier molecular flexibility index (Phi) is 15.4. The molecule has 0 saturated heterocycles. The molecule has 25 heavy (non-hydrogen) atoms. The highest BCUT2D eigenvalue weighted by atomic mass is 35.5. The van der Waals surface area contributed by atoms with Crippen LogP contribution < -0.4 is 5.32 Å². The maximum Gasteiger partial charge on any atom is 0.0210 e. The van der Waals surface area contributed by atoms with Gasteiger partial charge in [0.15, 0.2) is 0 Å². The normalized spacial score (nSPS) is 11.3. The molecule has 1 N–H and O–H groups in total. The largest absolute Gasteiger partial charge is 0.308 e. The van der Waals surface area contributed by atoms with Crippen molar-refractivity contribution in [3.8, 4) is 0 Å². The van der Waals surface area contributed by atoms with Crippen LogP contribution in [-0.4, -0.2) is 5.54 Å². The Morgan fingerprint density at radius 2 is 1.20 bits per heavy atom. The molecule has 0 unspecified atom stereocenters. The molecule has 0 aliphatic rings. The standard InChI is InChI=1S/C23H41N.ClH/c1-4-5-6-7-8-9-10-11-12-13-17-20-23(2,3)24-21-22-18-15-14-16-19-22;/h14-16,18-19,24H,4-13,17,20-21H2,1-3H3;1H. The third-order valence-corrected chi connectivity index (χ3v) is 5.02. The second-order valence-corrected chi connectivity index (χ2v) is 8.01. The highest BCUT2D eigenvalue weighted by molar-refractivity contribution is 5.85. The predicted octanol–water partition coefficient (Wildman–Crippen LogP) is 7.68. The third kappa shape index (κ3) is 14.3. The molecule has 1 aromatic carbocycles. The Labute approximate surface area is 163 Å². The van der Waals surface area contributed by atoms with Gasteiger partial charge in [-0.25, -0.2) is 0 Å². The number of benzene rings is 1. The summed E-state index contributed by atoms with van der Waals surface area (Å²) in [4.78, 5) is 0. The fraction of sp³-hybridized carbons (Fsp3) is 0.739.